The SMILES string of the molecule is O=C(/C=C/c1ccc([N+](=O)[O-])cc1)Oc1ccc(/C=N/c2ccccn2)cc1. The number of nitro benzene ring substituents is 1. The Hall–Kier alpha value is -4.13. The lowest BCUT2D eigenvalue weighted by atomic mass is 10.2. The van der Waals surface area contributed by atoms with Crippen LogP contribution < -0.4 is 4.74 Å². The standard InChI is InChI=1S/C21H15N3O4/c25-21(13-8-16-4-9-18(10-5-16)24(26)27)28-19-11-6-17(7-12-19)15-23-20-3-1-2-14-22-20/h1-15H/b13-8+,23-15+. The van der Waals surface area contributed by atoms with Crippen molar-refractivity contribution in [3.05, 3.63) is 100 Å². The van der Waals surface area contributed by atoms with Crippen molar-refractivity contribution in [1.29, 1.82) is 0 Å². The van der Waals surface area contributed by atoms with Crippen molar-refractivity contribution < 1.29 is 14.5 Å². The average Bonchev–Trinajstić information content (AvgIpc) is 2.73. The molecule has 0 saturated heterocycles. The second-order valence-corrected chi connectivity index (χ2v) is 5.62. The summed E-state index contributed by atoms with van der Waals surface area (Å²) < 4.78 is 5.23. The number of benzene rings is 2. The van der Waals surface area contributed by atoms with Crippen molar-refractivity contribution in [3.8, 4) is 5.75 Å². The van der Waals surface area contributed by atoms with E-state index in [4.69, 9.17) is 4.74 Å². The molecule has 0 fully saturated rings. The summed E-state index contributed by atoms with van der Waals surface area (Å²) in [4.78, 5) is 30.4. The number of hydrogen-bond acceptors (Lipinski definition) is 6. The molecule has 1 aromatic heterocycles. The third-order valence-corrected chi connectivity index (χ3v) is 3.61. The molecule has 7 heteroatoms. The second kappa shape index (κ2) is 9.00. The van der Waals surface area contributed by atoms with Gasteiger partial charge in [-0.05, 0) is 65.7 Å². The number of nitrogens with zero attached hydrogens (tertiary/aromatic N) is 3. The van der Waals surface area contributed by atoms with Gasteiger partial charge in [-0.2, -0.15) is 0 Å². The smallest absolute Gasteiger partial charge is 0.336 e. The van der Waals surface area contributed by atoms with Crippen LogP contribution in [-0.4, -0.2) is 22.1 Å². The molecule has 1 heterocycles. The third kappa shape index (κ3) is 5.43. The number of non-ortho nitro benzene ring substituents is 1. The molecule has 0 bridgehead atoms. The first-order chi connectivity index (χ1) is 13.6. The predicted octanol–water partition coefficient (Wildman–Crippen LogP) is 4.36. The van der Waals surface area contributed by atoms with Gasteiger partial charge in [0.25, 0.3) is 5.69 Å². The van der Waals surface area contributed by atoms with E-state index >= 15 is 0 Å². The molecule has 0 aliphatic carbocycles. The van der Waals surface area contributed by atoms with Gasteiger partial charge in [0.15, 0.2) is 5.82 Å². The summed E-state index contributed by atoms with van der Waals surface area (Å²) in [5, 5.41) is 10.6. The molecule has 7 nitrogen and oxygen atoms in total. The molecule has 2 aromatic carbocycles. The van der Waals surface area contributed by atoms with Crippen LogP contribution in [0.15, 0.2) is 84.0 Å². The van der Waals surface area contributed by atoms with Crippen LogP contribution in [-0.2, 0) is 4.79 Å². The van der Waals surface area contributed by atoms with Crippen LogP contribution in [0, 0.1) is 10.1 Å². The largest absolute Gasteiger partial charge is 0.423 e. The molecule has 3 rings (SSSR count). The highest BCUT2D eigenvalue weighted by molar-refractivity contribution is 5.89. The average molecular weight is 373 g/mol. The molecule has 0 N–H and O–H groups in total. The summed E-state index contributed by atoms with van der Waals surface area (Å²) >= 11 is 0. The third-order valence-electron chi connectivity index (χ3n) is 3.61. The van der Waals surface area contributed by atoms with Gasteiger partial charge in [-0.3, -0.25) is 10.1 Å². The lowest BCUT2D eigenvalue weighted by Gasteiger charge is -2.01. The highest BCUT2D eigenvalue weighted by Crippen LogP contribution is 2.15. The van der Waals surface area contributed by atoms with E-state index in [1.807, 2.05) is 12.1 Å². The highest BCUT2D eigenvalue weighted by atomic mass is 16.6. The van der Waals surface area contributed by atoms with Gasteiger partial charge in [0.2, 0.25) is 0 Å². The van der Waals surface area contributed by atoms with Crippen molar-refractivity contribution in [2.45, 2.75) is 0 Å². The Morgan fingerprint density at radius 1 is 1.00 bits per heavy atom. The summed E-state index contributed by atoms with van der Waals surface area (Å²) in [6.45, 7) is 0. The fraction of sp³-hybridized carbons (Fsp3) is 0. The molecule has 0 amide bonds. The summed E-state index contributed by atoms with van der Waals surface area (Å²) in [6, 6.07) is 18.2. The minimum absolute atomic E-state index is 0.00796. The van der Waals surface area contributed by atoms with Crippen LogP contribution in [0.25, 0.3) is 6.08 Å². The van der Waals surface area contributed by atoms with E-state index < -0.39 is 10.9 Å². The zero-order valence-corrected chi connectivity index (χ0v) is 14.6. The number of carbonyl (C=O) groups is 1. The van der Waals surface area contributed by atoms with Gasteiger partial charge in [0, 0.05) is 30.6 Å². The van der Waals surface area contributed by atoms with E-state index in [1.54, 1.807) is 54.9 Å². The lowest BCUT2D eigenvalue weighted by molar-refractivity contribution is -0.384. The van der Waals surface area contributed by atoms with Crippen molar-refractivity contribution in [2.24, 2.45) is 4.99 Å². The molecule has 0 saturated carbocycles. The van der Waals surface area contributed by atoms with Gasteiger partial charge in [-0.15, -0.1) is 0 Å². The maximum atomic E-state index is 11.9. The monoisotopic (exact) mass is 373 g/mol. The molecule has 0 aliphatic rings. The topological polar surface area (TPSA) is 94.7 Å². The molecule has 138 valence electrons. The van der Waals surface area contributed by atoms with E-state index in [-0.39, 0.29) is 5.69 Å². The van der Waals surface area contributed by atoms with Crippen LogP contribution in [0.4, 0.5) is 11.5 Å². The molecule has 0 unspecified atom stereocenters. The number of esters is 1. The summed E-state index contributed by atoms with van der Waals surface area (Å²) in [5.74, 6) is 0.455. The Morgan fingerprint density at radius 3 is 2.36 bits per heavy atom. The van der Waals surface area contributed by atoms with Crippen molar-refractivity contribution in [2.75, 3.05) is 0 Å². The fourth-order valence-corrected chi connectivity index (χ4v) is 2.21. The maximum Gasteiger partial charge on any atom is 0.336 e. The van der Waals surface area contributed by atoms with Crippen LogP contribution in [0.3, 0.4) is 0 Å². The predicted molar refractivity (Wildman–Crippen MR) is 106 cm³/mol. The van der Waals surface area contributed by atoms with E-state index in [0.717, 1.165) is 5.56 Å². The van der Waals surface area contributed by atoms with Gasteiger partial charge in [0.1, 0.15) is 5.75 Å². The number of nitro groups is 1. The van der Waals surface area contributed by atoms with Crippen LogP contribution in [0.1, 0.15) is 11.1 Å². The number of pyridine rings is 1. The minimum Gasteiger partial charge on any atom is -0.423 e. The van der Waals surface area contributed by atoms with Gasteiger partial charge in [0.05, 0.1) is 4.92 Å². The van der Waals surface area contributed by atoms with Gasteiger partial charge in [-0.25, -0.2) is 14.8 Å². The van der Waals surface area contributed by atoms with Gasteiger partial charge < -0.3 is 4.74 Å². The van der Waals surface area contributed by atoms with Crippen molar-refractivity contribution in [1.82, 2.24) is 4.98 Å². The Balaban J connectivity index is 1.56. The maximum absolute atomic E-state index is 11.9. The Kier molecular flexibility index (Phi) is 5.99. The molecule has 0 spiro atoms. The number of hydrogen-bond donors (Lipinski definition) is 0. The summed E-state index contributed by atoms with van der Waals surface area (Å²) in [5.41, 5.74) is 1.49. The van der Waals surface area contributed by atoms with Gasteiger partial charge in [-0.1, -0.05) is 6.07 Å². The number of ether oxygens (including phenoxy) is 1. The number of aromatic nitrogens is 1. The first kappa shape index (κ1) is 18.7. The number of aliphatic imine (C=N–C) groups is 1. The number of carbonyl (C=O) groups excluding carboxylic acids is 1. The Morgan fingerprint density at radius 2 is 1.71 bits per heavy atom. The number of rotatable bonds is 6. The minimum atomic E-state index is -0.548. The highest BCUT2D eigenvalue weighted by Gasteiger charge is 2.04. The first-order valence-electron chi connectivity index (χ1n) is 8.30. The van der Waals surface area contributed by atoms with E-state index in [9.17, 15) is 14.9 Å². The normalized spacial score (nSPS) is 11.0. The lowest BCUT2D eigenvalue weighted by Crippen LogP contribution is -2.03. The van der Waals surface area contributed by atoms with E-state index in [1.165, 1.54) is 24.3 Å². The Labute approximate surface area is 160 Å². The van der Waals surface area contributed by atoms with Crippen molar-refractivity contribution in [3.63, 3.8) is 0 Å². The molecule has 28 heavy (non-hydrogen) atoms. The van der Waals surface area contributed by atoms with E-state index in [0.29, 0.717) is 17.1 Å². The van der Waals surface area contributed by atoms with E-state index in [2.05, 4.69) is 9.98 Å². The zero-order chi connectivity index (χ0) is 19.8. The first-order valence-corrected chi connectivity index (χ1v) is 8.30. The molecule has 0 aliphatic heterocycles. The van der Waals surface area contributed by atoms with Gasteiger partial charge >= 0.3 is 5.97 Å². The summed E-state index contributed by atoms with van der Waals surface area (Å²) in [7, 11) is 0. The molecule has 0 radical (unpaired) electrons. The fourth-order valence-electron chi connectivity index (χ4n) is 2.21. The summed E-state index contributed by atoms with van der Waals surface area (Å²) in [6.07, 6.45) is 6.12. The molecule has 0 atom stereocenters. The van der Waals surface area contributed by atoms with Crippen LogP contribution in [0.2, 0.25) is 0 Å². The van der Waals surface area contributed by atoms with Crippen molar-refractivity contribution >= 4 is 29.8 Å². The Bertz CT molecular complexity index is 1010. The quantitative estimate of drug-likeness (QED) is 0.160. The molecular formula is C21H15N3O4. The van der Waals surface area contributed by atoms with Crippen LogP contribution in [0.5, 0.6) is 5.75 Å². The zero-order valence-electron chi connectivity index (χ0n) is 14.6. The molecule has 3 aromatic rings. The molecular weight excluding hydrogens is 358 g/mol. The second-order valence-electron chi connectivity index (χ2n) is 5.62. The van der Waals surface area contributed by atoms with Crippen LogP contribution >= 0.6 is 0 Å².